The molecule has 1 N–H and O–H groups in total. The van der Waals surface area contributed by atoms with Gasteiger partial charge in [0.1, 0.15) is 0 Å². The van der Waals surface area contributed by atoms with Crippen LogP contribution in [0.2, 0.25) is 0 Å². The first-order chi connectivity index (χ1) is 13.7. The van der Waals surface area contributed by atoms with Gasteiger partial charge in [-0.05, 0) is 30.5 Å². The average Bonchev–Trinajstić information content (AvgIpc) is 2.74. The van der Waals surface area contributed by atoms with Gasteiger partial charge in [0.25, 0.3) is 5.91 Å². The third-order valence-electron chi connectivity index (χ3n) is 4.41. The van der Waals surface area contributed by atoms with Gasteiger partial charge in [0.2, 0.25) is 0 Å². The Morgan fingerprint density at radius 3 is 2.54 bits per heavy atom. The first-order valence-corrected chi connectivity index (χ1v) is 9.51. The topological polar surface area (TPSA) is 68.3 Å². The van der Waals surface area contributed by atoms with Crippen molar-refractivity contribution < 1.29 is 14.3 Å². The monoisotopic (exact) mass is 376 g/mol. The molecular formula is C23H24N2O3. The van der Waals surface area contributed by atoms with Gasteiger partial charge in [0, 0.05) is 24.0 Å². The molecule has 3 aromatic rings. The molecular weight excluding hydrogens is 352 g/mol. The maximum atomic E-state index is 11.9. The highest BCUT2D eigenvalue weighted by Gasteiger charge is 2.08. The van der Waals surface area contributed by atoms with E-state index in [0.717, 1.165) is 29.4 Å². The molecule has 1 amide bonds. The Hall–Kier alpha value is -3.21. The lowest BCUT2D eigenvalue weighted by Crippen LogP contribution is -2.29. The second kappa shape index (κ2) is 10.2. The first kappa shape index (κ1) is 19.5. The zero-order valence-corrected chi connectivity index (χ0v) is 15.8. The first-order valence-electron chi connectivity index (χ1n) is 9.51. The molecule has 0 aliphatic carbocycles. The van der Waals surface area contributed by atoms with Gasteiger partial charge in [0.05, 0.1) is 11.9 Å². The minimum absolute atomic E-state index is 0.201. The van der Waals surface area contributed by atoms with Crippen molar-refractivity contribution in [3.05, 3.63) is 78.0 Å². The Morgan fingerprint density at radius 2 is 1.68 bits per heavy atom. The lowest BCUT2D eigenvalue weighted by Gasteiger charge is -2.07. The molecule has 1 heterocycles. The summed E-state index contributed by atoms with van der Waals surface area (Å²) in [4.78, 5) is 28.2. The molecule has 0 aliphatic heterocycles. The van der Waals surface area contributed by atoms with Gasteiger partial charge in [-0.1, -0.05) is 54.6 Å². The minimum Gasteiger partial charge on any atom is -0.456 e. The molecule has 144 valence electrons. The summed E-state index contributed by atoms with van der Waals surface area (Å²) in [5.74, 6) is -0.667. The largest absolute Gasteiger partial charge is 0.456 e. The van der Waals surface area contributed by atoms with Gasteiger partial charge >= 0.3 is 5.97 Å². The average molecular weight is 376 g/mol. The quantitative estimate of drug-likeness (QED) is 0.459. The molecule has 0 spiro atoms. The van der Waals surface area contributed by atoms with Gasteiger partial charge in [-0.3, -0.25) is 14.6 Å². The lowest BCUT2D eigenvalue weighted by molar-refractivity contribution is -0.148. The fourth-order valence-corrected chi connectivity index (χ4v) is 2.91. The van der Waals surface area contributed by atoms with Crippen molar-refractivity contribution in [2.45, 2.75) is 25.7 Å². The molecule has 0 aliphatic rings. The van der Waals surface area contributed by atoms with E-state index in [9.17, 15) is 9.59 Å². The maximum absolute atomic E-state index is 11.9. The number of nitrogens with zero attached hydrogens (tertiary/aromatic N) is 1. The van der Waals surface area contributed by atoms with Crippen molar-refractivity contribution in [2.24, 2.45) is 0 Å². The zero-order chi connectivity index (χ0) is 19.6. The maximum Gasteiger partial charge on any atom is 0.306 e. The van der Waals surface area contributed by atoms with Crippen LogP contribution in [0, 0.1) is 0 Å². The molecule has 0 fully saturated rings. The van der Waals surface area contributed by atoms with Crippen molar-refractivity contribution in [2.75, 3.05) is 13.2 Å². The second-order valence-corrected chi connectivity index (χ2v) is 6.60. The van der Waals surface area contributed by atoms with Crippen molar-refractivity contribution in [1.29, 1.82) is 0 Å². The van der Waals surface area contributed by atoms with Crippen LogP contribution in [0.5, 0.6) is 0 Å². The number of carbonyl (C=O) groups excluding carboxylic acids is 2. The van der Waals surface area contributed by atoms with E-state index >= 15 is 0 Å². The number of nitrogens with one attached hydrogen (secondary N) is 1. The highest BCUT2D eigenvalue weighted by Crippen LogP contribution is 2.12. The molecule has 2 aromatic carbocycles. The fourth-order valence-electron chi connectivity index (χ4n) is 2.91. The number of pyridine rings is 1. The van der Waals surface area contributed by atoms with Crippen LogP contribution in [0.1, 0.15) is 24.1 Å². The van der Waals surface area contributed by atoms with Crippen LogP contribution >= 0.6 is 0 Å². The summed E-state index contributed by atoms with van der Waals surface area (Å²) >= 11 is 0. The molecule has 1 aromatic heterocycles. The number of carbonyl (C=O) groups is 2. The number of para-hydroxylation sites is 1. The van der Waals surface area contributed by atoms with E-state index in [1.165, 1.54) is 5.56 Å². The molecule has 0 atom stereocenters. The molecule has 28 heavy (non-hydrogen) atoms. The van der Waals surface area contributed by atoms with Crippen molar-refractivity contribution in [1.82, 2.24) is 10.3 Å². The molecule has 0 unspecified atom stereocenters. The molecule has 0 radical (unpaired) electrons. The summed E-state index contributed by atoms with van der Waals surface area (Å²) in [6, 6.07) is 21.9. The Bertz CT molecular complexity index is 925. The van der Waals surface area contributed by atoms with E-state index in [4.69, 9.17) is 4.74 Å². The van der Waals surface area contributed by atoms with Crippen LogP contribution in [-0.4, -0.2) is 30.0 Å². The highest BCUT2D eigenvalue weighted by molar-refractivity contribution is 5.80. The summed E-state index contributed by atoms with van der Waals surface area (Å²) in [6.45, 7) is 0.321. The summed E-state index contributed by atoms with van der Waals surface area (Å²) in [7, 11) is 0. The summed E-state index contributed by atoms with van der Waals surface area (Å²) in [6.07, 6.45) is 2.44. The number of amides is 1. The molecule has 5 nitrogen and oxygen atoms in total. The molecule has 5 heteroatoms. The van der Waals surface area contributed by atoms with E-state index in [2.05, 4.69) is 22.4 Å². The Balaban J connectivity index is 1.31. The second-order valence-electron chi connectivity index (χ2n) is 6.60. The van der Waals surface area contributed by atoms with Crippen LogP contribution in [0.15, 0.2) is 66.7 Å². The smallest absolute Gasteiger partial charge is 0.306 e. The lowest BCUT2D eigenvalue weighted by atomic mass is 10.1. The highest BCUT2D eigenvalue weighted by atomic mass is 16.5. The fraction of sp³-hybridized carbons (Fsp3) is 0.261. The summed E-state index contributed by atoms with van der Waals surface area (Å²) < 4.78 is 5.05. The molecule has 0 saturated heterocycles. The van der Waals surface area contributed by atoms with E-state index in [-0.39, 0.29) is 18.9 Å². The summed E-state index contributed by atoms with van der Waals surface area (Å²) in [5.41, 5.74) is 2.98. The third kappa shape index (κ3) is 6.20. The molecule has 0 bridgehead atoms. The number of ether oxygens (including phenoxy) is 1. The number of hydrogen-bond acceptors (Lipinski definition) is 4. The van der Waals surface area contributed by atoms with Gasteiger partial charge in [-0.15, -0.1) is 0 Å². The van der Waals surface area contributed by atoms with Gasteiger partial charge in [-0.2, -0.15) is 0 Å². The number of rotatable bonds is 9. The van der Waals surface area contributed by atoms with Gasteiger partial charge in [0.15, 0.2) is 6.61 Å². The standard InChI is InChI=1S/C23H24N2O3/c26-22(24-16-6-9-18-7-2-1-3-8-18)17-28-23(27)15-14-20-13-12-19-10-4-5-11-21(19)25-20/h1-5,7-8,10-13H,6,9,14-17H2,(H,24,26). The number of fused-ring (bicyclic) bond motifs is 1. The Labute approximate surface area is 164 Å². The van der Waals surface area contributed by atoms with E-state index in [1.807, 2.05) is 54.6 Å². The number of aromatic nitrogens is 1. The van der Waals surface area contributed by atoms with Crippen LogP contribution in [-0.2, 0) is 27.2 Å². The van der Waals surface area contributed by atoms with E-state index in [1.54, 1.807) is 0 Å². The van der Waals surface area contributed by atoms with Crippen LogP contribution in [0.3, 0.4) is 0 Å². The van der Waals surface area contributed by atoms with E-state index < -0.39 is 5.97 Å². The number of aryl methyl sites for hydroxylation is 2. The van der Waals surface area contributed by atoms with Crippen molar-refractivity contribution in [3.8, 4) is 0 Å². The van der Waals surface area contributed by atoms with Crippen LogP contribution in [0.4, 0.5) is 0 Å². The predicted octanol–water partition coefficient (Wildman–Crippen LogP) is 3.46. The van der Waals surface area contributed by atoms with Crippen molar-refractivity contribution >= 4 is 22.8 Å². The van der Waals surface area contributed by atoms with Crippen LogP contribution < -0.4 is 5.32 Å². The normalized spacial score (nSPS) is 10.6. The molecule has 0 saturated carbocycles. The number of esters is 1. The van der Waals surface area contributed by atoms with Crippen LogP contribution in [0.25, 0.3) is 10.9 Å². The SMILES string of the molecule is O=C(COC(=O)CCc1ccc2ccccc2n1)NCCCc1ccccc1. The van der Waals surface area contributed by atoms with E-state index in [0.29, 0.717) is 13.0 Å². The van der Waals surface area contributed by atoms with Gasteiger partial charge in [-0.25, -0.2) is 0 Å². The molecule has 3 rings (SSSR count). The summed E-state index contributed by atoms with van der Waals surface area (Å²) in [5, 5.41) is 3.84. The zero-order valence-electron chi connectivity index (χ0n) is 15.8. The predicted molar refractivity (Wildman–Crippen MR) is 109 cm³/mol. The Kier molecular flexibility index (Phi) is 7.13. The Morgan fingerprint density at radius 1 is 0.893 bits per heavy atom. The minimum atomic E-state index is -0.394. The van der Waals surface area contributed by atoms with Gasteiger partial charge < -0.3 is 10.1 Å². The van der Waals surface area contributed by atoms with Crippen molar-refractivity contribution in [3.63, 3.8) is 0 Å². The number of hydrogen-bond donors (Lipinski definition) is 1. The third-order valence-corrected chi connectivity index (χ3v) is 4.41. The number of benzene rings is 2.